The lowest BCUT2D eigenvalue weighted by Gasteiger charge is -2.30. The Kier molecular flexibility index (Phi) is 4.08. The number of benzene rings is 1. The monoisotopic (exact) mass is 295 g/mol. The van der Waals surface area contributed by atoms with E-state index in [1.165, 1.54) is 11.1 Å². The van der Waals surface area contributed by atoms with E-state index in [9.17, 15) is 0 Å². The van der Waals surface area contributed by atoms with Gasteiger partial charge in [0.25, 0.3) is 0 Å². The van der Waals surface area contributed by atoms with Crippen LogP contribution in [0.2, 0.25) is 5.02 Å². The van der Waals surface area contributed by atoms with E-state index < -0.39 is 0 Å². The van der Waals surface area contributed by atoms with Crippen LogP contribution in [0.4, 0.5) is 0 Å². The van der Waals surface area contributed by atoms with Gasteiger partial charge in [0.05, 0.1) is 18.2 Å². The molecule has 0 saturated heterocycles. The molecule has 4 heteroatoms. The zero-order valence-electron chi connectivity index (χ0n) is 12.2. The first-order valence-electron chi connectivity index (χ1n) is 7.51. The van der Waals surface area contributed by atoms with Gasteiger partial charge in [0.1, 0.15) is 11.5 Å². The van der Waals surface area contributed by atoms with Gasteiger partial charge in [0.15, 0.2) is 0 Å². The van der Waals surface area contributed by atoms with E-state index in [2.05, 4.69) is 12.2 Å². The fourth-order valence-corrected chi connectivity index (χ4v) is 3.46. The summed E-state index contributed by atoms with van der Waals surface area (Å²) in [5.41, 5.74) is 3.72. The molecule has 3 nitrogen and oxygen atoms in total. The Morgan fingerprint density at radius 1 is 1.10 bits per heavy atom. The van der Waals surface area contributed by atoms with Crippen LogP contribution < -0.4 is 14.8 Å². The van der Waals surface area contributed by atoms with Crippen LogP contribution in [0.15, 0.2) is 0 Å². The standard InChI is InChI=1S/C16H22ClNO2/c1-10(18-2)9-13-11-5-3-8-20-16(11)14(17)12-6-4-7-19-15(12)13/h10,18H,3-9H2,1-2H3. The molecule has 1 atom stereocenters. The number of halogens is 1. The van der Waals surface area contributed by atoms with Crippen LogP contribution in [0.25, 0.3) is 0 Å². The SMILES string of the molecule is CNC(C)Cc1c2c(c(Cl)c3c1OCCC3)OCCC2. The molecule has 3 rings (SSSR count). The zero-order chi connectivity index (χ0) is 14.1. The number of likely N-dealkylation sites (N-methyl/N-ethyl adjacent to an activating group) is 1. The first-order valence-corrected chi connectivity index (χ1v) is 7.89. The van der Waals surface area contributed by atoms with Gasteiger partial charge in [-0.15, -0.1) is 0 Å². The molecule has 2 aliphatic rings. The Hall–Kier alpha value is -0.930. The van der Waals surface area contributed by atoms with Crippen molar-refractivity contribution in [1.29, 1.82) is 0 Å². The molecule has 1 N–H and O–H groups in total. The van der Waals surface area contributed by atoms with Crippen LogP contribution in [0, 0.1) is 0 Å². The number of hydrogen-bond acceptors (Lipinski definition) is 3. The summed E-state index contributed by atoms with van der Waals surface area (Å²) < 4.78 is 11.8. The predicted octanol–water partition coefficient (Wildman–Crippen LogP) is 3.14. The average molecular weight is 296 g/mol. The van der Waals surface area contributed by atoms with Crippen molar-refractivity contribution in [3.05, 3.63) is 21.7 Å². The topological polar surface area (TPSA) is 30.5 Å². The van der Waals surface area contributed by atoms with Crippen LogP contribution in [0.3, 0.4) is 0 Å². The molecule has 110 valence electrons. The van der Waals surface area contributed by atoms with Gasteiger partial charge in [0, 0.05) is 22.7 Å². The van der Waals surface area contributed by atoms with E-state index in [4.69, 9.17) is 21.1 Å². The van der Waals surface area contributed by atoms with Crippen molar-refractivity contribution in [2.24, 2.45) is 0 Å². The lowest BCUT2D eigenvalue weighted by Crippen LogP contribution is -2.26. The minimum Gasteiger partial charge on any atom is -0.493 e. The lowest BCUT2D eigenvalue weighted by molar-refractivity contribution is 0.269. The third-order valence-corrected chi connectivity index (χ3v) is 4.69. The molecule has 0 amide bonds. The number of rotatable bonds is 3. The van der Waals surface area contributed by atoms with Crippen LogP contribution in [0.1, 0.15) is 36.5 Å². The zero-order valence-corrected chi connectivity index (χ0v) is 13.0. The molecular formula is C16H22ClNO2. The van der Waals surface area contributed by atoms with E-state index in [1.54, 1.807) is 0 Å². The molecule has 0 bridgehead atoms. The van der Waals surface area contributed by atoms with E-state index in [1.807, 2.05) is 7.05 Å². The van der Waals surface area contributed by atoms with Gasteiger partial charge in [-0.2, -0.15) is 0 Å². The second-order valence-electron chi connectivity index (χ2n) is 5.71. The van der Waals surface area contributed by atoms with Gasteiger partial charge in [-0.25, -0.2) is 0 Å². The van der Waals surface area contributed by atoms with Gasteiger partial charge < -0.3 is 14.8 Å². The van der Waals surface area contributed by atoms with Crippen molar-refractivity contribution in [3.63, 3.8) is 0 Å². The Morgan fingerprint density at radius 3 is 2.45 bits per heavy atom. The second-order valence-corrected chi connectivity index (χ2v) is 6.08. The summed E-state index contributed by atoms with van der Waals surface area (Å²) in [7, 11) is 2.00. The number of nitrogens with one attached hydrogen (secondary N) is 1. The summed E-state index contributed by atoms with van der Waals surface area (Å²) in [5.74, 6) is 1.95. The van der Waals surface area contributed by atoms with Crippen molar-refractivity contribution in [2.75, 3.05) is 20.3 Å². The molecule has 0 radical (unpaired) electrons. The highest BCUT2D eigenvalue weighted by Crippen LogP contribution is 2.46. The Bertz CT molecular complexity index is 479. The molecule has 0 spiro atoms. The normalized spacial score (nSPS) is 18.6. The lowest BCUT2D eigenvalue weighted by atomic mass is 9.90. The first-order chi connectivity index (χ1) is 9.72. The summed E-state index contributed by atoms with van der Waals surface area (Å²) in [5, 5.41) is 4.10. The number of fused-ring (bicyclic) bond motifs is 2. The third-order valence-electron chi connectivity index (χ3n) is 4.29. The summed E-state index contributed by atoms with van der Waals surface area (Å²) in [4.78, 5) is 0. The van der Waals surface area contributed by atoms with E-state index in [-0.39, 0.29) is 0 Å². The highest BCUT2D eigenvalue weighted by molar-refractivity contribution is 6.33. The maximum atomic E-state index is 6.57. The fourth-order valence-electron chi connectivity index (χ4n) is 3.11. The highest BCUT2D eigenvalue weighted by atomic mass is 35.5. The van der Waals surface area contributed by atoms with Crippen LogP contribution >= 0.6 is 11.6 Å². The predicted molar refractivity (Wildman–Crippen MR) is 81.3 cm³/mol. The summed E-state index contributed by atoms with van der Waals surface area (Å²) in [6, 6.07) is 0.414. The summed E-state index contributed by atoms with van der Waals surface area (Å²) in [6.07, 6.45) is 5.08. The second kappa shape index (κ2) is 5.82. The molecule has 0 aromatic heterocycles. The minimum atomic E-state index is 0.414. The maximum Gasteiger partial charge on any atom is 0.141 e. The van der Waals surface area contributed by atoms with Crippen molar-refractivity contribution in [1.82, 2.24) is 5.32 Å². The van der Waals surface area contributed by atoms with Crippen LogP contribution in [-0.4, -0.2) is 26.3 Å². The highest BCUT2D eigenvalue weighted by Gasteiger charge is 2.28. The van der Waals surface area contributed by atoms with Gasteiger partial charge in [-0.3, -0.25) is 0 Å². The average Bonchev–Trinajstić information content (AvgIpc) is 2.51. The van der Waals surface area contributed by atoms with Gasteiger partial charge in [-0.05, 0) is 46.1 Å². The van der Waals surface area contributed by atoms with E-state index in [0.717, 1.165) is 67.4 Å². The Labute approximate surface area is 125 Å². The Balaban J connectivity index is 2.13. The number of ether oxygens (including phenoxy) is 2. The molecule has 0 aliphatic carbocycles. The molecular weight excluding hydrogens is 274 g/mol. The fraction of sp³-hybridized carbons (Fsp3) is 0.625. The molecule has 0 fully saturated rings. The van der Waals surface area contributed by atoms with Gasteiger partial charge in [-0.1, -0.05) is 11.6 Å². The van der Waals surface area contributed by atoms with Crippen molar-refractivity contribution in [2.45, 2.75) is 45.1 Å². The smallest absolute Gasteiger partial charge is 0.141 e. The third kappa shape index (κ3) is 2.38. The van der Waals surface area contributed by atoms with E-state index in [0.29, 0.717) is 6.04 Å². The minimum absolute atomic E-state index is 0.414. The number of hydrogen-bond donors (Lipinski definition) is 1. The Morgan fingerprint density at radius 2 is 1.75 bits per heavy atom. The van der Waals surface area contributed by atoms with Crippen molar-refractivity contribution in [3.8, 4) is 11.5 Å². The molecule has 20 heavy (non-hydrogen) atoms. The van der Waals surface area contributed by atoms with Crippen molar-refractivity contribution >= 4 is 11.6 Å². The molecule has 1 aromatic carbocycles. The van der Waals surface area contributed by atoms with Gasteiger partial charge in [0.2, 0.25) is 0 Å². The van der Waals surface area contributed by atoms with Crippen LogP contribution in [0.5, 0.6) is 11.5 Å². The van der Waals surface area contributed by atoms with Crippen LogP contribution in [-0.2, 0) is 19.3 Å². The largest absolute Gasteiger partial charge is 0.493 e. The summed E-state index contributed by atoms with van der Waals surface area (Å²) in [6.45, 7) is 3.76. The van der Waals surface area contributed by atoms with E-state index >= 15 is 0 Å². The van der Waals surface area contributed by atoms with Crippen molar-refractivity contribution < 1.29 is 9.47 Å². The first kappa shape index (κ1) is 14.0. The molecule has 1 unspecified atom stereocenters. The maximum absolute atomic E-state index is 6.57. The summed E-state index contributed by atoms with van der Waals surface area (Å²) >= 11 is 6.57. The molecule has 2 heterocycles. The molecule has 0 saturated carbocycles. The van der Waals surface area contributed by atoms with Gasteiger partial charge >= 0.3 is 0 Å². The molecule has 1 aromatic rings. The quantitative estimate of drug-likeness (QED) is 0.929. The molecule has 2 aliphatic heterocycles.